The van der Waals surface area contributed by atoms with Gasteiger partial charge < -0.3 is 9.30 Å². The fourth-order valence-corrected chi connectivity index (χ4v) is 7.79. The molecule has 52 heavy (non-hydrogen) atoms. The van der Waals surface area contributed by atoms with Crippen molar-refractivity contribution in [2.75, 3.05) is 0 Å². The number of fused-ring (bicyclic) bond motifs is 8. The highest BCUT2D eigenvalue weighted by Crippen LogP contribution is 2.48. The fourth-order valence-electron chi connectivity index (χ4n) is 7.79. The molecule has 0 spiro atoms. The number of para-hydroxylation sites is 5. The molecule has 0 bridgehead atoms. The Morgan fingerprint density at radius 1 is 0.615 bits per heavy atom. The van der Waals surface area contributed by atoms with E-state index in [9.17, 15) is 0 Å². The van der Waals surface area contributed by atoms with E-state index in [2.05, 4.69) is 168 Å². The number of ether oxygens (including phenoxy) is 1. The van der Waals surface area contributed by atoms with Crippen molar-refractivity contribution in [2.24, 2.45) is 0 Å². The smallest absolute Gasteiger partial charge is 0.269 e. The molecule has 7 nitrogen and oxygen atoms in total. The van der Waals surface area contributed by atoms with Gasteiger partial charge in [-0.15, -0.1) is 0 Å². The minimum absolute atomic E-state index is 0.267. The molecule has 4 heterocycles. The fraction of sp³-hybridized carbons (Fsp3) is 0.133. The number of aromatic nitrogens is 6. The van der Waals surface area contributed by atoms with Crippen LogP contribution in [-0.4, -0.2) is 23.7 Å². The van der Waals surface area contributed by atoms with Crippen LogP contribution in [-0.2, 0) is 11.0 Å². The topological polar surface area (TPSA) is 53.7 Å². The van der Waals surface area contributed by atoms with E-state index < -0.39 is 0 Å². The average Bonchev–Trinajstić information content (AvgIpc) is 3.87. The minimum Gasteiger partial charge on any atom is -0.458 e. The van der Waals surface area contributed by atoms with E-state index in [0.717, 1.165) is 78.9 Å². The lowest BCUT2D eigenvalue weighted by atomic mass is 9.72. The summed E-state index contributed by atoms with van der Waals surface area (Å²) < 4.78 is 15.5. The first-order chi connectivity index (χ1) is 25.3. The SMILES string of the molecule is CC1(C)c2nc3ccc(Oc4cccc(-n5[c-][n+](-c6ccccc6-c6ccccc6)c6ccccc65)c4)cc3n2-c2nc3ccccc3n2C1(C)C. The summed E-state index contributed by atoms with van der Waals surface area (Å²) >= 11 is 0. The van der Waals surface area contributed by atoms with Gasteiger partial charge in [-0.2, -0.15) is 0 Å². The number of hydrogen-bond donors (Lipinski definition) is 0. The monoisotopic (exact) mass is 676 g/mol. The molecule has 0 fully saturated rings. The van der Waals surface area contributed by atoms with E-state index in [-0.39, 0.29) is 11.0 Å². The Hall–Kier alpha value is -6.47. The average molecular weight is 677 g/mol. The lowest BCUT2D eigenvalue weighted by molar-refractivity contribution is -0.571. The first-order valence-corrected chi connectivity index (χ1v) is 17.7. The molecule has 6 aromatic carbocycles. The molecular weight excluding hydrogens is 641 g/mol. The Kier molecular flexibility index (Phi) is 6.43. The van der Waals surface area contributed by atoms with Gasteiger partial charge in [0.2, 0.25) is 5.95 Å². The summed E-state index contributed by atoms with van der Waals surface area (Å²) in [5, 5.41) is 0. The summed E-state index contributed by atoms with van der Waals surface area (Å²) in [5.74, 6) is 3.32. The van der Waals surface area contributed by atoms with Gasteiger partial charge in [-0.1, -0.05) is 105 Å². The highest BCUT2D eigenvalue weighted by molar-refractivity contribution is 5.84. The number of rotatable bonds is 5. The molecular formula is C45H36N6O. The van der Waals surface area contributed by atoms with Gasteiger partial charge in [-0.3, -0.25) is 13.7 Å². The maximum atomic E-state index is 6.63. The van der Waals surface area contributed by atoms with Gasteiger partial charge in [0.05, 0.1) is 50.0 Å². The Bertz CT molecular complexity index is 2840. The van der Waals surface area contributed by atoms with E-state index in [1.165, 1.54) is 0 Å². The summed E-state index contributed by atoms with van der Waals surface area (Å²) in [6.07, 6.45) is 3.67. The zero-order chi connectivity index (χ0) is 35.2. The molecule has 0 saturated heterocycles. The van der Waals surface area contributed by atoms with E-state index in [0.29, 0.717) is 0 Å². The molecule has 3 aromatic heterocycles. The number of benzene rings is 6. The molecule has 10 rings (SSSR count). The Morgan fingerprint density at radius 2 is 1.33 bits per heavy atom. The predicted molar refractivity (Wildman–Crippen MR) is 206 cm³/mol. The van der Waals surface area contributed by atoms with E-state index in [1.54, 1.807) is 0 Å². The van der Waals surface area contributed by atoms with Crippen LogP contribution in [0.4, 0.5) is 0 Å². The Morgan fingerprint density at radius 3 is 2.19 bits per heavy atom. The van der Waals surface area contributed by atoms with E-state index in [4.69, 9.17) is 14.7 Å². The van der Waals surface area contributed by atoms with Crippen LogP contribution < -0.4 is 9.30 Å². The summed E-state index contributed by atoms with van der Waals surface area (Å²) in [7, 11) is 0. The lowest BCUT2D eigenvalue weighted by Gasteiger charge is -2.46. The first kappa shape index (κ1) is 30.4. The summed E-state index contributed by atoms with van der Waals surface area (Å²) in [6, 6.07) is 50.1. The molecule has 7 heteroatoms. The van der Waals surface area contributed by atoms with Crippen LogP contribution in [0.15, 0.2) is 146 Å². The molecule has 1 aliphatic heterocycles. The maximum absolute atomic E-state index is 6.63. The van der Waals surface area contributed by atoms with Gasteiger partial charge in [0.25, 0.3) is 6.33 Å². The van der Waals surface area contributed by atoms with Crippen molar-refractivity contribution in [3.8, 4) is 39.9 Å². The number of imidazole rings is 3. The van der Waals surface area contributed by atoms with Crippen molar-refractivity contribution >= 4 is 33.1 Å². The Balaban J connectivity index is 1.06. The third-order valence-electron chi connectivity index (χ3n) is 11.1. The first-order valence-electron chi connectivity index (χ1n) is 17.7. The largest absolute Gasteiger partial charge is 0.458 e. The molecule has 0 N–H and O–H groups in total. The van der Waals surface area contributed by atoms with Crippen LogP contribution in [0.2, 0.25) is 0 Å². The molecule has 0 radical (unpaired) electrons. The molecule has 0 aliphatic carbocycles. The van der Waals surface area contributed by atoms with Gasteiger partial charge in [0.15, 0.2) is 0 Å². The van der Waals surface area contributed by atoms with Gasteiger partial charge in [-0.25, -0.2) is 9.97 Å². The van der Waals surface area contributed by atoms with Crippen molar-refractivity contribution in [1.29, 1.82) is 0 Å². The van der Waals surface area contributed by atoms with Crippen molar-refractivity contribution in [1.82, 2.24) is 23.7 Å². The standard InChI is InChI=1S/C45H36N6O/c1-44(2)42-46-36-26-25-33(28-41(36)50(42)43-47-35-20-9-11-22-38(35)51(43)45(44,3)4)52-32-18-14-17-31(27-32)48-29-49(40-24-13-12-23-39(40)48)37-21-10-8-19-34(37)30-15-6-5-7-16-30/h5-28H,1-4H3. The highest BCUT2D eigenvalue weighted by Gasteiger charge is 2.49. The van der Waals surface area contributed by atoms with Crippen molar-refractivity contribution < 1.29 is 9.30 Å². The molecule has 0 atom stereocenters. The second kappa shape index (κ2) is 11.0. The minimum atomic E-state index is -0.285. The summed E-state index contributed by atoms with van der Waals surface area (Å²) in [6.45, 7) is 9.11. The quantitative estimate of drug-likeness (QED) is 0.135. The van der Waals surface area contributed by atoms with Crippen molar-refractivity contribution in [3.63, 3.8) is 0 Å². The van der Waals surface area contributed by atoms with Crippen LogP contribution in [0.25, 0.3) is 61.6 Å². The van der Waals surface area contributed by atoms with Crippen LogP contribution in [0.3, 0.4) is 0 Å². The maximum Gasteiger partial charge on any atom is 0.269 e. The zero-order valence-corrected chi connectivity index (χ0v) is 29.4. The molecule has 0 amide bonds. The second-order valence-electron chi connectivity index (χ2n) is 14.6. The van der Waals surface area contributed by atoms with Crippen LogP contribution in [0, 0.1) is 6.33 Å². The summed E-state index contributed by atoms with van der Waals surface area (Å²) in [5.41, 5.74) is 9.83. The Labute approximate surface area is 301 Å². The van der Waals surface area contributed by atoms with Crippen LogP contribution >= 0.6 is 0 Å². The normalized spacial score (nSPS) is 14.5. The highest BCUT2D eigenvalue weighted by atomic mass is 16.5. The third-order valence-corrected chi connectivity index (χ3v) is 11.1. The van der Waals surface area contributed by atoms with E-state index >= 15 is 0 Å². The molecule has 0 unspecified atom stereocenters. The van der Waals surface area contributed by atoms with Crippen molar-refractivity contribution in [2.45, 2.75) is 38.6 Å². The van der Waals surface area contributed by atoms with Gasteiger partial charge >= 0.3 is 0 Å². The molecule has 0 saturated carbocycles. The van der Waals surface area contributed by atoms with Crippen LogP contribution in [0.1, 0.15) is 33.5 Å². The van der Waals surface area contributed by atoms with Crippen LogP contribution in [0.5, 0.6) is 11.5 Å². The van der Waals surface area contributed by atoms with Gasteiger partial charge in [0.1, 0.15) is 17.3 Å². The molecule has 252 valence electrons. The molecule has 1 aliphatic rings. The number of hydrogen-bond acceptors (Lipinski definition) is 3. The van der Waals surface area contributed by atoms with Gasteiger partial charge in [-0.05, 0) is 73.5 Å². The van der Waals surface area contributed by atoms with Crippen molar-refractivity contribution in [3.05, 3.63) is 158 Å². The number of nitrogens with zero attached hydrogens (tertiary/aromatic N) is 6. The van der Waals surface area contributed by atoms with E-state index in [1.807, 2.05) is 30.3 Å². The molecule has 9 aromatic rings. The zero-order valence-electron chi connectivity index (χ0n) is 29.4. The second-order valence-corrected chi connectivity index (χ2v) is 14.6. The van der Waals surface area contributed by atoms with Gasteiger partial charge in [0, 0.05) is 11.5 Å². The lowest BCUT2D eigenvalue weighted by Crippen LogP contribution is -2.50. The third kappa shape index (κ3) is 4.35. The summed E-state index contributed by atoms with van der Waals surface area (Å²) in [4.78, 5) is 10.3. The predicted octanol–water partition coefficient (Wildman–Crippen LogP) is 9.88.